The molecule has 0 heteroatoms. The second-order valence-corrected chi connectivity index (χ2v) is 8.28. The fourth-order valence-corrected chi connectivity index (χ4v) is 3.46. The molecular formula is C26H34. The van der Waals surface area contributed by atoms with E-state index in [1.54, 1.807) is 0 Å². The van der Waals surface area contributed by atoms with Crippen LogP contribution in [0.5, 0.6) is 0 Å². The predicted octanol–water partition coefficient (Wildman–Crippen LogP) is 8.00. The molecule has 0 amide bonds. The Balaban J connectivity index is 0.000000190. The van der Waals surface area contributed by atoms with Crippen molar-refractivity contribution in [1.82, 2.24) is 0 Å². The average molecular weight is 347 g/mol. The monoisotopic (exact) mass is 346 g/mol. The van der Waals surface area contributed by atoms with Crippen LogP contribution in [0.15, 0.2) is 61.7 Å². The molecule has 1 aliphatic carbocycles. The Bertz CT molecular complexity index is 674. The summed E-state index contributed by atoms with van der Waals surface area (Å²) in [4.78, 5) is 0. The summed E-state index contributed by atoms with van der Waals surface area (Å²) in [7, 11) is 0. The van der Waals surface area contributed by atoms with E-state index in [1.165, 1.54) is 54.4 Å². The SMILES string of the molecule is C=Cc1ccc(C(C)(C)C)cc1.C=Cc1ccc(C2CCCCC2)cc1. The van der Waals surface area contributed by atoms with Gasteiger partial charge in [-0.05, 0) is 46.4 Å². The lowest BCUT2D eigenvalue weighted by Gasteiger charge is -2.21. The molecular weight excluding hydrogens is 312 g/mol. The third kappa shape index (κ3) is 6.02. The summed E-state index contributed by atoms with van der Waals surface area (Å²) in [5, 5.41) is 0. The Kier molecular flexibility index (Phi) is 7.45. The zero-order valence-electron chi connectivity index (χ0n) is 16.8. The molecule has 1 aliphatic rings. The normalized spacial score (nSPS) is 14.9. The molecule has 1 fully saturated rings. The summed E-state index contributed by atoms with van der Waals surface area (Å²) in [6.45, 7) is 14.2. The molecule has 0 nitrogen and oxygen atoms in total. The standard InChI is InChI=1S/C14H18.C12H16/c1-2-12-8-10-14(11-9-12)13-6-4-3-5-7-13;1-5-10-6-8-11(9-7-10)12(2,3)4/h2,8-11,13H,1,3-7H2;5-9H,1H2,2-4H3. The molecule has 1 saturated carbocycles. The number of hydrogen-bond donors (Lipinski definition) is 0. The zero-order valence-corrected chi connectivity index (χ0v) is 16.8. The highest BCUT2D eigenvalue weighted by molar-refractivity contribution is 5.48. The lowest BCUT2D eigenvalue weighted by atomic mass is 9.84. The Morgan fingerprint density at radius 2 is 1.19 bits per heavy atom. The van der Waals surface area contributed by atoms with Gasteiger partial charge in [0.05, 0.1) is 0 Å². The van der Waals surface area contributed by atoms with E-state index >= 15 is 0 Å². The van der Waals surface area contributed by atoms with E-state index in [1.807, 2.05) is 12.2 Å². The first-order valence-corrected chi connectivity index (χ1v) is 9.89. The van der Waals surface area contributed by atoms with Crippen LogP contribution in [0.2, 0.25) is 0 Å². The highest BCUT2D eigenvalue weighted by Gasteiger charge is 2.14. The van der Waals surface area contributed by atoms with Crippen LogP contribution in [0.1, 0.15) is 81.0 Å². The maximum absolute atomic E-state index is 3.77. The van der Waals surface area contributed by atoms with Gasteiger partial charge in [-0.15, -0.1) is 0 Å². The van der Waals surface area contributed by atoms with Crippen molar-refractivity contribution in [3.63, 3.8) is 0 Å². The highest BCUT2D eigenvalue weighted by Crippen LogP contribution is 2.32. The van der Waals surface area contributed by atoms with Gasteiger partial charge < -0.3 is 0 Å². The van der Waals surface area contributed by atoms with Gasteiger partial charge in [-0.1, -0.05) is 114 Å². The van der Waals surface area contributed by atoms with Crippen molar-refractivity contribution in [2.45, 2.75) is 64.2 Å². The van der Waals surface area contributed by atoms with Crippen LogP contribution >= 0.6 is 0 Å². The van der Waals surface area contributed by atoms with Crippen LogP contribution < -0.4 is 0 Å². The van der Waals surface area contributed by atoms with Crippen molar-refractivity contribution in [3.05, 3.63) is 83.9 Å². The lowest BCUT2D eigenvalue weighted by Crippen LogP contribution is -2.10. The van der Waals surface area contributed by atoms with Crippen LogP contribution in [-0.2, 0) is 5.41 Å². The molecule has 138 valence electrons. The fraction of sp³-hybridized carbons (Fsp3) is 0.385. The maximum Gasteiger partial charge on any atom is -0.0132 e. The van der Waals surface area contributed by atoms with Crippen molar-refractivity contribution >= 4 is 12.2 Å². The Labute approximate surface area is 160 Å². The van der Waals surface area contributed by atoms with Gasteiger partial charge in [-0.3, -0.25) is 0 Å². The first-order chi connectivity index (χ1) is 12.4. The maximum atomic E-state index is 3.77. The second kappa shape index (κ2) is 9.57. The predicted molar refractivity (Wildman–Crippen MR) is 118 cm³/mol. The van der Waals surface area contributed by atoms with Gasteiger partial charge >= 0.3 is 0 Å². The Hall–Kier alpha value is -2.08. The quantitative estimate of drug-likeness (QED) is 0.528. The molecule has 0 heterocycles. The van der Waals surface area contributed by atoms with E-state index in [0.717, 1.165) is 5.92 Å². The van der Waals surface area contributed by atoms with E-state index in [-0.39, 0.29) is 5.41 Å². The third-order valence-corrected chi connectivity index (χ3v) is 5.26. The minimum atomic E-state index is 0.250. The van der Waals surface area contributed by atoms with Gasteiger partial charge in [-0.2, -0.15) is 0 Å². The molecule has 2 aromatic rings. The fourth-order valence-electron chi connectivity index (χ4n) is 3.46. The Morgan fingerprint density at radius 1 is 0.731 bits per heavy atom. The molecule has 0 unspecified atom stereocenters. The number of rotatable bonds is 3. The molecule has 0 N–H and O–H groups in total. The lowest BCUT2D eigenvalue weighted by molar-refractivity contribution is 0.443. The Morgan fingerprint density at radius 3 is 1.62 bits per heavy atom. The summed E-state index contributed by atoms with van der Waals surface area (Å²) in [5.74, 6) is 0.822. The molecule has 0 radical (unpaired) electrons. The van der Waals surface area contributed by atoms with E-state index in [0.29, 0.717) is 0 Å². The van der Waals surface area contributed by atoms with Crippen molar-refractivity contribution in [2.75, 3.05) is 0 Å². The second-order valence-electron chi connectivity index (χ2n) is 8.28. The van der Waals surface area contributed by atoms with E-state index in [4.69, 9.17) is 0 Å². The van der Waals surface area contributed by atoms with Crippen molar-refractivity contribution < 1.29 is 0 Å². The highest BCUT2D eigenvalue weighted by atomic mass is 14.2. The van der Waals surface area contributed by atoms with Crippen LogP contribution in [-0.4, -0.2) is 0 Å². The third-order valence-electron chi connectivity index (χ3n) is 5.26. The van der Waals surface area contributed by atoms with E-state index < -0.39 is 0 Å². The molecule has 0 saturated heterocycles. The van der Waals surface area contributed by atoms with E-state index in [2.05, 4.69) is 82.5 Å². The summed E-state index contributed by atoms with van der Waals surface area (Å²) >= 11 is 0. The van der Waals surface area contributed by atoms with Crippen molar-refractivity contribution in [3.8, 4) is 0 Å². The summed E-state index contributed by atoms with van der Waals surface area (Å²) in [6.07, 6.45) is 10.8. The van der Waals surface area contributed by atoms with Gasteiger partial charge in [0.25, 0.3) is 0 Å². The molecule has 0 bridgehead atoms. The largest absolute Gasteiger partial charge is 0.0985 e. The summed E-state index contributed by atoms with van der Waals surface area (Å²) < 4.78 is 0. The van der Waals surface area contributed by atoms with Crippen molar-refractivity contribution in [2.24, 2.45) is 0 Å². The smallest absolute Gasteiger partial charge is 0.0132 e. The van der Waals surface area contributed by atoms with Crippen LogP contribution in [0.4, 0.5) is 0 Å². The molecule has 3 rings (SSSR count). The van der Waals surface area contributed by atoms with E-state index in [9.17, 15) is 0 Å². The molecule has 0 aromatic heterocycles. The molecule has 2 aromatic carbocycles. The first-order valence-electron chi connectivity index (χ1n) is 9.89. The van der Waals surface area contributed by atoms with Gasteiger partial charge in [0.15, 0.2) is 0 Å². The van der Waals surface area contributed by atoms with Gasteiger partial charge in [-0.25, -0.2) is 0 Å². The van der Waals surface area contributed by atoms with Crippen LogP contribution in [0, 0.1) is 0 Å². The zero-order chi connectivity index (χ0) is 19.0. The van der Waals surface area contributed by atoms with Crippen LogP contribution in [0.25, 0.3) is 12.2 Å². The summed E-state index contributed by atoms with van der Waals surface area (Å²) in [6, 6.07) is 17.4. The molecule has 26 heavy (non-hydrogen) atoms. The molecule has 0 spiro atoms. The topological polar surface area (TPSA) is 0 Å². The minimum absolute atomic E-state index is 0.250. The summed E-state index contributed by atoms with van der Waals surface area (Å²) in [5.41, 5.74) is 5.55. The van der Waals surface area contributed by atoms with Crippen LogP contribution in [0.3, 0.4) is 0 Å². The average Bonchev–Trinajstić information content (AvgIpc) is 2.68. The van der Waals surface area contributed by atoms with Crippen molar-refractivity contribution in [1.29, 1.82) is 0 Å². The van der Waals surface area contributed by atoms with Gasteiger partial charge in [0.1, 0.15) is 0 Å². The minimum Gasteiger partial charge on any atom is -0.0985 e. The molecule has 0 atom stereocenters. The molecule has 0 aliphatic heterocycles. The van der Waals surface area contributed by atoms with Gasteiger partial charge in [0, 0.05) is 0 Å². The first kappa shape index (κ1) is 20.2. The number of benzene rings is 2. The van der Waals surface area contributed by atoms with Gasteiger partial charge in [0.2, 0.25) is 0 Å². The number of hydrogen-bond acceptors (Lipinski definition) is 0.